The molecule has 0 aliphatic carbocycles. The zero-order valence-corrected chi connectivity index (χ0v) is 7.80. The third-order valence-corrected chi connectivity index (χ3v) is 1.48. The van der Waals surface area contributed by atoms with E-state index >= 15 is 0 Å². The molecule has 0 saturated carbocycles. The van der Waals surface area contributed by atoms with Crippen LogP contribution >= 0.6 is 12.4 Å². The fourth-order valence-electron chi connectivity index (χ4n) is 0.940. The smallest absolute Gasteiger partial charge is 0.309 e. The van der Waals surface area contributed by atoms with E-state index in [0.717, 1.165) is 0 Å². The molecule has 1 aromatic heterocycles. The Morgan fingerprint density at radius 3 is 2.71 bits per heavy atom. The Morgan fingerprint density at radius 1 is 1.57 bits per heavy atom. The summed E-state index contributed by atoms with van der Waals surface area (Å²) in [5.41, 5.74) is -0.394. The molecule has 1 heterocycles. The monoisotopic (exact) mass is 223 g/mol. The number of hydrogen-bond acceptors (Lipinski definition) is 2. The van der Waals surface area contributed by atoms with Crippen molar-refractivity contribution in [3.05, 3.63) is 29.6 Å². The molecule has 0 fully saturated rings. The van der Waals surface area contributed by atoms with Gasteiger partial charge in [0, 0.05) is 11.8 Å². The first kappa shape index (κ1) is 12.8. The SMILES string of the molecule is Cl.O=C(O)Cc1ncccc1C(F)F. The molecule has 0 radical (unpaired) electrons. The van der Waals surface area contributed by atoms with Crippen LogP contribution in [-0.2, 0) is 11.2 Å². The fourth-order valence-corrected chi connectivity index (χ4v) is 0.940. The van der Waals surface area contributed by atoms with Gasteiger partial charge in [0.15, 0.2) is 0 Å². The first-order valence-corrected chi connectivity index (χ1v) is 3.55. The van der Waals surface area contributed by atoms with E-state index in [9.17, 15) is 13.6 Å². The van der Waals surface area contributed by atoms with Gasteiger partial charge in [-0.2, -0.15) is 0 Å². The Bertz CT molecular complexity index is 320. The highest BCUT2D eigenvalue weighted by molar-refractivity contribution is 5.85. The summed E-state index contributed by atoms with van der Waals surface area (Å²) in [6.45, 7) is 0. The number of carbonyl (C=O) groups is 1. The minimum absolute atomic E-state index is 0. The summed E-state index contributed by atoms with van der Waals surface area (Å²) in [6, 6.07) is 2.53. The van der Waals surface area contributed by atoms with Crippen LogP contribution < -0.4 is 0 Å². The van der Waals surface area contributed by atoms with E-state index in [1.54, 1.807) is 0 Å². The summed E-state index contributed by atoms with van der Waals surface area (Å²) in [4.78, 5) is 13.8. The molecule has 0 amide bonds. The van der Waals surface area contributed by atoms with Gasteiger partial charge in [0.1, 0.15) is 0 Å². The molecule has 78 valence electrons. The van der Waals surface area contributed by atoms with Gasteiger partial charge in [-0.05, 0) is 12.1 Å². The maximum Gasteiger partial charge on any atom is 0.309 e. The van der Waals surface area contributed by atoms with Gasteiger partial charge in [-0.25, -0.2) is 8.78 Å². The molecule has 0 saturated heterocycles. The molecular weight excluding hydrogens is 216 g/mol. The maximum absolute atomic E-state index is 12.2. The van der Waals surface area contributed by atoms with Gasteiger partial charge in [0.2, 0.25) is 0 Å². The van der Waals surface area contributed by atoms with Crippen molar-refractivity contribution >= 4 is 18.4 Å². The van der Waals surface area contributed by atoms with Crippen LogP contribution in [0.15, 0.2) is 18.3 Å². The summed E-state index contributed by atoms with van der Waals surface area (Å²) in [6.07, 6.45) is -1.85. The van der Waals surface area contributed by atoms with Crippen molar-refractivity contribution in [3.8, 4) is 0 Å². The number of carboxylic acid groups (broad SMARTS) is 1. The molecule has 0 bridgehead atoms. The van der Waals surface area contributed by atoms with E-state index in [1.165, 1.54) is 18.3 Å². The van der Waals surface area contributed by atoms with Gasteiger partial charge in [0.05, 0.1) is 12.1 Å². The Balaban J connectivity index is 0.00000169. The molecule has 0 aromatic carbocycles. The molecule has 6 heteroatoms. The standard InChI is InChI=1S/C8H7F2NO2.ClH/c9-8(10)5-2-1-3-11-6(5)4-7(12)13;/h1-3,8H,4H2,(H,12,13);1H. The molecule has 0 atom stereocenters. The van der Waals surface area contributed by atoms with Crippen LogP contribution in [0.2, 0.25) is 0 Å². The van der Waals surface area contributed by atoms with Crippen molar-refractivity contribution in [1.82, 2.24) is 4.98 Å². The summed E-state index contributed by atoms with van der Waals surface area (Å²) in [5.74, 6) is -1.17. The number of nitrogens with zero attached hydrogens (tertiary/aromatic N) is 1. The molecule has 0 aliphatic heterocycles. The van der Waals surface area contributed by atoms with Crippen molar-refractivity contribution in [2.24, 2.45) is 0 Å². The summed E-state index contributed by atoms with van der Waals surface area (Å²) < 4.78 is 24.5. The van der Waals surface area contributed by atoms with Gasteiger partial charge < -0.3 is 5.11 Å². The van der Waals surface area contributed by atoms with Gasteiger partial charge in [0.25, 0.3) is 6.43 Å². The van der Waals surface area contributed by atoms with E-state index in [0.29, 0.717) is 0 Å². The minimum atomic E-state index is -2.68. The maximum atomic E-state index is 12.2. The molecule has 0 spiro atoms. The lowest BCUT2D eigenvalue weighted by atomic mass is 10.1. The number of alkyl halides is 2. The lowest BCUT2D eigenvalue weighted by Gasteiger charge is -2.03. The fraction of sp³-hybridized carbons (Fsp3) is 0.250. The number of rotatable bonds is 3. The van der Waals surface area contributed by atoms with Crippen LogP contribution in [0, 0.1) is 0 Å². The number of aliphatic carboxylic acids is 1. The molecule has 0 unspecified atom stereocenters. The predicted molar refractivity (Wildman–Crippen MR) is 47.8 cm³/mol. The lowest BCUT2D eigenvalue weighted by molar-refractivity contribution is -0.136. The normalized spacial score (nSPS) is 9.64. The van der Waals surface area contributed by atoms with E-state index in [2.05, 4.69) is 4.98 Å². The molecule has 0 aliphatic rings. The third-order valence-electron chi connectivity index (χ3n) is 1.48. The number of pyridine rings is 1. The largest absolute Gasteiger partial charge is 0.481 e. The van der Waals surface area contributed by atoms with Crippen molar-refractivity contribution in [3.63, 3.8) is 0 Å². The topological polar surface area (TPSA) is 50.2 Å². The van der Waals surface area contributed by atoms with Crippen LogP contribution in [0.1, 0.15) is 17.7 Å². The highest BCUT2D eigenvalue weighted by Gasteiger charge is 2.15. The first-order chi connectivity index (χ1) is 6.11. The Labute approximate surface area is 85.2 Å². The van der Waals surface area contributed by atoms with Crippen molar-refractivity contribution < 1.29 is 18.7 Å². The van der Waals surface area contributed by atoms with Gasteiger partial charge in [-0.1, -0.05) is 0 Å². The zero-order chi connectivity index (χ0) is 9.84. The number of halogens is 3. The second kappa shape index (κ2) is 5.49. The first-order valence-electron chi connectivity index (χ1n) is 3.55. The molecule has 1 rings (SSSR count). The van der Waals surface area contributed by atoms with Crippen molar-refractivity contribution in [2.45, 2.75) is 12.8 Å². The molecule has 1 aromatic rings. The van der Waals surface area contributed by atoms with Crippen LogP contribution in [0.25, 0.3) is 0 Å². The number of hydrogen-bond donors (Lipinski definition) is 1. The molecular formula is C8H8ClF2NO2. The van der Waals surface area contributed by atoms with Crippen LogP contribution in [0.5, 0.6) is 0 Å². The third kappa shape index (κ3) is 3.26. The van der Waals surface area contributed by atoms with E-state index in [-0.39, 0.29) is 23.7 Å². The number of carboxylic acids is 1. The van der Waals surface area contributed by atoms with Crippen LogP contribution in [0.3, 0.4) is 0 Å². The van der Waals surface area contributed by atoms with Crippen LogP contribution in [0.4, 0.5) is 8.78 Å². The second-order valence-electron chi connectivity index (χ2n) is 2.41. The average molecular weight is 224 g/mol. The quantitative estimate of drug-likeness (QED) is 0.854. The highest BCUT2D eigenvalue weighted by atomic mass is 35.5. The van der Waals surface area contributed by atoms with Crippen molar-refractivity contribution in [1.29, 1.82) is 0 Å². The molecule has 14 heavy (non-hydrogen) atoms. The second-order valence-corrected chi connectivity index (χ2v) is 2.41. The molecule has 1 N–H and O–H groups in total. The minimum Gasteiger partial charge on any atom is -0.481 e. The van der Waals surface area contributed by atoms with Crippen LogP contribution in [-0.4, -0.2) is 16.1 Å². The Morgan fingerprint density at radius 2 is 2.21 bits per heavy atom. The Hall–Kier alpha value is -1.23. The highest BCUT2D eigenvalue weighted by Crippen LogP contribution is 2.21. The summed E-state index contributed by atoms with van der Waals surface area (Å²) in [5, 5.41) is 8.39. The van der Waals surface area contributed by atoms with Gasteiger partial charge in [-0.15, -0.1) is 12.4 Å². The van der Waals surface area contributed by atoms with E-state index < -0.39 is 18.8 Å². The Kier molecular flexibility index (Phi) is 5.01. The summed E-state index contributed by atoms with van der Waals surface area (Å²) in [7, 11) is 0. The lowest BCUT2D eigenvalue weighted by Crippen LogP contribution is -2.05. The van der Waals surface area contributed by atoms with E-state index in [1.807, 2.05) is 0 Å². The van der Waals surface area contributed by atoms with Crippen molar-refractivity contribution in [2.75, 3.05) is 0 Å². The zero-order valence-electron chi connectivity index (χ0n) is 6.98. The van der Waals surface area contributed by atoms with Gasteiger partial charge >= 0.3 is 5.97 Å². The number of aromatic nitrogens is 1. The molecule has 3 nitrogen and oxygen atoms in total. The van der Waals surface area contributed by atoms with E-state index in [4.69, 9.17) is 5.11 Å². The predicted octanol–water partition coefficient (Wildman–Crippen LogP) is 2.07. The average Bonchev–Trinajstić information content (AvgIpc) is 2.03. The van der Waals surface area contributed by atoms with Gasteiger partial charge in [-0.3, -0.25) is 9.78 Å². The summed E-state index contributed by atoms with van der Waals surface area (Å²) >= 11 is 0.